The molecule has 10 heteroatoms. The molecule has 0 aliphatic carbocycles. The van der Waals surface area contributed by atoms with Gasteiger partial charge in [0.1, 0.15) is 11.5 Å². The van der Waals surface area contributed by atoms with Gasteiger partial charge in [0.05, 0.1) is 28.5 Å². The molecule has 7 nitrogen and oxygen atoms in total. The highest BCUT2D eigenvalue weighted by molar-refractivity contribution is 7.89. The van der Waals surface area contributed by atoms with Crippen molar-refractivity contribution < 1.29 is 22.7 Å². The topological polar surface area (TPSA) is 108 Å². The zero-order valence-electron chi connectivity index (χ0n) is 18.8. The van der Waals surface area contributed by atoms with E-state index in [2.05, 4.69) is 5.32 Å². The Hall–Kier alpha value is -2.78. The van der Waals surface area contributed by atoms with Gasteiger partial charge in [-0.25, -0.2) is 13.6 Å². The fraction of sp³-hybridized carbons (Fsp3) is 0.208. The van der Waals surface area contributed by atoms with Gasteiger partial charge in [-0.2, -0.15) is 0 Å². The summed E-state index contributed by atoms with van der Waals surface area (Å²) in [6, 6.07) is 14.3. The summed E-state index contributed by atoms with van der Waals surface area (Å²) < 4.78 is 34.4. The smallest absolute Gasteiger partial charge is 0.238 e. The van der Waals surface area contributed by atoms with E-state index in [0.29, 0.717) is 17.0 Å². The fourth-order valence-corrected chi connectivity index (χ4v) is 4.45. The molecule has 0 aliphatic heterocycles. The molecule has 34 heavy (non-hydrogen) atoms. The summed E-state index contributed by atoms with van der Waals surface area (Å²) in [5.41, 5.74) is 1.83. The van der Waals surface area contributed by atoms with Gasteiger partial charge in [-0.3, -0.25) is 4.79 Å². The van der Waals surface area contributed by atoms with Gasteiger partial charge in [0.25, 0.3) is 0 Å². The van der Waals surface area contributed by atoms with E-state index < -0.39 is 10.0 Å². The van der Waals surface area contributed by atoms with E-state index in [1.807, 2.05) is 26.0 Å². The maximum Gasteiger partial charge on any atom is 0.238 e. The van der Waals surface area contributed by atoms with Gasteiger partial charge in [0.15, 0.2) is 5.75 Å². The van der Waals surface area contributed by atoms with Gasteiger partial charge in [-0.15, -0.1) is 0 Å². The first kappa shape index (κ1) is 25.8. The monoisotopic (exact) mass is 522 g/mol. The Morgan fingerprint density at radius 2 is 1.74 bits per heavy atom. The highest BCUT2D eigenvalue weighted by atomic mass is 35.5. The highest BCUT2D eigenvalue weighted by Crippen LogP contribution is 2.40. The molecule has 0 unspecified atom stereocenters. The lowest BCUT2D eigenvalue weighted by Crippen LogP contribution is -2.16. The summed E-state index contributed by atoms with van der Waals surface area (Å²) >= 11 is 12.8. The summed E-state index contributed by atoms with van der Waals surface area (Å²) in [5.74, 6) is 1.38. The van der Waals surface area contributed by atoms with Crippen molar-refractivity contribution in [3.63, 3.8) is 0 Å². The first-order valence-corrected chi connectivity index (χ1v) is 12.5. The number of carbonyl (C=O) groups is 1. The minimum absolute atomic E-state index is 0.0652. The van der Waals surface area contributed by atoms with Crippen molar-refractivity contribution in [3.8, 4) is 17.2 Å². The number of hydrogen-bond donors (Lipinski definition) is 2. The Balaban J connectivity index is 1.76. The van der Waals surface area contributed by atoms with Crippen LogP contribution in [0.2, 0.25) is 10.0 Å². The van der Waals surface area contributed by atoms with Crippen LogP contribution in [-0.2, 0) is 21.2 Å². The third-order valence-electron chi connectivity index (χ3n) is 4.92. The quantitative estimate of drug-likeness (QED) is 0.391. The molecule has 0 aromatic heterocycles. The number of halogens is 2. The molecule has 3 rings (SSSR count). The third-order valence-corrected chi connectivity index (χ3v) is 6.39. The van der Waals surface area contributed by atoms with Crippen LogP contribution in [0.5, 0.6) is 17.2 Å². The number of nitrogens with one attached hydrogen (secondary N) is 1. The maximum atomic E-state index is 12.5. The minimum atomic E-state index is -3.86. The summed E-state index contributed by atoms with van der Waals surface area (Å²) in [6.45, 7) is 4.09. The molecule has 0 bridgehead atoms. The number of methoxy groups -OCH3 is 1. The molecule has 1 amide bonds. The molecule has 0 spiro atoms. The number of ether oxygens (including phenoxy) is 2. The number of anilines is 1. The van der Waals surface area contributed by atoms with E-state index in [1.165, 1.54) is 30.3 Å². The molecular weight excluding hydrogens is 499 g/mol. The number of carbonyl (C=O) groups excluding carboxylic acids is 1. The maximum absolute atomic E-state index is 12.5. The Morgan fingerprint density at radius 1 is 1.06 bits per heavy atom. The Bertz CT molecular complexity index is 1300. The van der Waals surface area contributed by atoms with Gasteiger partial charge in [0, 0.05) is 11.3 Å². The SMILES string of the molecule is COc1ccc(Oc2c(Cl)cc(NC(=O)Cc3cccc(S(N)(=O)=O)c3)cc2Cl)cc1C(C)C. The van der Waals surface area contributed by atoms with Crippen LogP contribution < -0.4 is 19.9 Å². The summed E-state index contributed by atoms with van der Waals surface area (Å²) in [6.07, 6.45) is -0.0688. The van der Waals surface area contributed by atoms with Gasteiger partial charge in [-0.1, -0.05) is 49.2 Å². The first-order valence-electron chi connectivity index (χ1n) is 10.2. The standard InChI is InChI=1S/C24H24Cl2N2O5S/c1-14(2)19-13-17(7-8-22(19)32-3)33-24-20(25)11-16(12-21(24)26)28-23(29)10-15-5-4-6-18(9-15)34(27,30)31/h4-9,11-14H,10H2,1-3H3,(H,28,29)(H2,27,30,31). The first-order chi connectivity index (χ1) is 16.0. The van der Waals surface area contributed by atoms with Gasteiger partial charge >= 0.3 is 0 Å². The lowest BCUT2D eigenvalue weighted by Gasteiger charge is -2.16. The van der Waals surface area contributed by atoms with Crippen LogP contribution >= 0.6 is 23.2 Å². The molecule has 3 aromatic carbocycles. The van der Waals surface area contributed by atoms with E-state index in [9.17, 15) is 13.2 Å². The highest BCUT2D eigenvalue weighted by Gasteiger charge is 2.16. The van der Waals surface area contributed by atoms with E-state index in [-0.39, 0.29) is 38.9 Å². The lowest BCUT2D eigenvalue weighted by atomic mass is 10.0. The molecule has 0 saturated carbocycles. The average Bonchev–Trinajstić information content (AvgIpc) is 2.75. The Kier molecular flexibility index (Phi) is 8.09. The van der Waals surface area contributed by atoms with Crippen molar-refractivity contribution in [1.29, 1.82) is 0 Å². The lowest BCUT2D eigenvalue weighted by molar-refractivity contribution is -0.115. The van der Waals surface area contributed by atoms with Crippen LogP contribution in [0.1, 0.15) is 30.9 Å². The van der Waals surface area contributed by atoms with Crippen molar-refractivity contribution in [2.45, 2.75) is 31.1 Å². The normalized spacial score (nSPS) is 11.4. The molecule has 180 valence electrons. The van der Waals surface area contributed by atoms with Crippen LogP contribution in [0.15, 0.2) is 59.5 Å². The predicted octanol–water partition coefficient (Wildman–Crippen LogP) is 5.75. The molecule has 3 aromatic rings. The Morgan fingerprint density at radius 3 is 2.32 bits per heavy atom. The largest absolute Gasteiger partial charge is 0.496 e. The van der Waals surface area contributed by atoms with E-state index in [1.54, 1.807) is 19.2 Å². The Labute approximate surface area is 208 Å². The zero-order valence-corrected chi connectivity index (χ0v) is 21.1. The van der Waals surface area contributed by atoms with Gasteiger partial charge < -0.3 is 14.8 Å². The van der Waals surface area contributed by atoms with Crippen LogP contribution in [-0.4, -0.2) is 21.4 Å². The zero-order chi connectivity index (χ0) is 25.0. The number of primary sulfonamides is 1. The number of rotatable bonds is 8. The van der Waals surface area contributed by atoms with Crippen molar-refractivity contribution >= 4 is 44.8 Å². The predicted molar refractivity (Wildman–Crippen MR) is 134 cm³/mol. The minimum Gasteiger partial charge on any atom is -0.496 e. The van der Waals surface area contributed by atoms with Crippen LogP contribution in [0.4, 0.5) is 5.69 Å². The van der Waals surface area contributed by atoms with Crippen LogP contribution in [0.3, 0.4) is 0 Å². The second-order valence-electron chi connectivity index (χ2n) is 7.85. The third kappa shape index (κ3) is 6.42. The molecule has 3 N–H and O–H groups in total. The molecule has 0 fully saturated rings. The fourth-order valence-electron chi connectivity index (χ4n) is 3.30. The van der Waals surface area contributed by atoms with Crippen molar-refractivity contribution in [2.24, 2.45) is 5.14 Å². The number of nitrogens with two attached hydrogens (primary N) is 1. The second kappa shape index (κ2) is 10.7. The number of amides is 1. The van der Waals surface area contributed by atoms with Crippen LogP contribution in [0, 0.1) is 0 Å². The number of sulfonamides is 1. The number of hydrogen-bond acceptors (Lipinski definition) is 5. The van der Waals surface area contributed by atoms with Crippen molar-refractivity contribution in [1.82, 2.24) is 0 Å². The van der Waals surface area contributed by atoms with Crippen LogP contribution in [0.25, 0.3) is 0 Å². The summed E-state index contributed by atoms with van der Waals surface area (Å²) in [5, 5.41) is 8.26. The van der Waals surface area contributed by atoms with Crippen molar-refractivity contribution in [3.05, 3.63) is 75.8 Å². The second-order valence-corrected chi connectivity index (χ2v) is 10.2. The summed E-state index contributed by atoms with van der Waals surface area (Å²) in [7, 11) is -2.25. The molecule has 0 saturated heterocycles. The van der Waals surface area contributed by atoms with Gasteiger partial charge in [-0.05, 0) is 53.9 Å². The molecular formula is C24H24Cl2N2O5S. The van der Waals surface area contributed by atoms with Crippen molar-refractivity contribution in [2.75, 3.05) is 12.4 Å². The van der Waals surface area contributed by atoms with E-state index >= 15 is 0 Å². The molecule has 0 radical (unpaired) electrons. The molecule has 0 heterocycles. The molecule has 0 atom stereocenters. The van der Waals surface area contributed by atoms with E-state index in [0.717, 1.165) is 11.3 Å². The summed E-state index contributed by atoms with van der Waals surface area (Å²) in [4.78, 5) is 12.4. The number of benzene rings is 3. The van der Waals surface area contributed by atoms with E-state index in [4.69, 9.17) is 37.8 Å². The average molecular weight is 523 g/mol. The molecule has 0 aliphatic rings. The van der Waals surface area contributed by atoms with Gasteiger partial charge in [0.2, 0.25) is 15.9 Å².